The third-order valence-electron chi connectivity index (χ3n) is 5.00. The average molecular weight is 397 g/mol. The number of unbranched alkanes of at least 4 members (excludes halogenated alkanes) is 7. The second kappa shape index (κ2) is 12.8. The van der Waals surface area contributed by atoms with Crippen molar-refractivity contribution in [2.24, 2.45) is 0 Å². The van der Waals surface area contributed by atoms with Gasteiger partial charge in [-0.2, -0.15) is 0 Å². The van der Waals surface area contributed by atoms with Gasteiger partial charge in [-0.1, -0.05) is 74.9 Å². The molecular weight excluding hydrogens is 364 g/mol. The van der Waals surface area contributed by atoms with Gasteiger partial charge in [-0.25, -0.2) is 0 Å². The summed E-state index contributed by atoms with van der Waals surface area (Å²) in [5.41, 5.74) is 1.53. The van der Waals surface area contributed by atoms with Gasteiger partial charge in [0.25, 0.3) is 0 Å². The van der Waals surface area contributed by atoms with Crippen LogP contribution < -0.4 is 4.74 Å². The SMILES string of the molecule is CC(=O)Oc1cccc(O)c1C(=O)CCCCCCCCCCc1ccccc1. The Kier molecular flexibility index (Phi) is 9.98. The number of phenols is 1. The van der Waals surface area contributed by atoms with Gasteiger partial charge in [0, 0.05) is 13.3 Å². The van der Waals surface area contributed by atoms with Crippen LogP contribution in [0.1, 0.15) is 80.6 Å². The van der Waals surface area contributed by atoms with Gasteiger partial charge in [0.15, 0.2) is 5.78 Å². The van der Waals surface area contributed by atoms with Crippen LogP contribution in [0.3, 0.4) is 0 Å². The average Bonchev–Trinajstić information content (AvgIpc) is 2.69. The van der Waals surface area contributed by atoms with E-state index < -0.39 is 5.97 Å². The quantitative estimate of drug-likeness (QED) is 0.188. The molecule has 0 radical (unpaired) electrons. The first-order valence-corrected chi connectivity index (χ1v) is 10.7. The molecule has 0 saturated carbocycles. The topological polar surface area (TPSA) is 63.6 Å². The van der Waals surface area contributed by atoms with E-state index in [9.17, 15) is 14.7 Å². The fourth-order valence-corrected chi connectivity index (χ4v) is 3.48. The molecule has 0 aromatic heterocycles. The van der Waals surface area contributed by atoms with E-state index in [1.165, 1.54) is 56.7 Å². The molecule has 2 aromatic carbocycles. The van der Waals surface area contributed by atoms with Crippen LogP contribution in [0.4, 0.5) is 0 Å². The molecule has 0 saturated heterocycles. The highest BCUT2D eigenvalue weighted by Crippen LogP contribution is 2.29. The summed E-state index contributed by atoms with van der Waals surface area (Å²) in [5.74, 6) is -0.684. The number of benzene rings is 2. The maximum Gasteiger partial charge on any atom is 0.308 e. The van der Waals surface area contributed by atoms with Crippen LogP contribution in [0, 0.1) is 0 Å². The van der Waals surface area contributed by atoms with Gasteiger partial charge < -0.3 is 9.84 Å². The third-order valence-corrected chi connectivity index (χ3v) is 5.00. The van der Waals surface area contributed by atoms with Crippen molar-refractivity contribution in [3.8, 4) is 11.5 Å². The fourth-order valence-electron chi connectivity index (χ4n) is 3.48. The molecule has 0 fully saturated rings. The lowest BCUT2D eigenvalue weighted by molar-refractivity contribution is -0.131. The van der Waals surface area contributed by atoms with Gasteiger partial charge in [0.2, 0.25) is 0 Å². The summed E-state index contributed by atoms with van der Waals surface area (Å²) in [7, 11) is 0. The molecule has 0 amide bonds. The van der Waals surface area contributed by atoms with Crippen molar-refractivity contribution >= 4 is 11.8 Å². The highest BCUT2D eigenvalue weighted by Gasteiger charge is 2.18. The second-order valence-electron chi connectivity index (χ2n) is 7.48. The van der Waals surface area contributed by atoms with E-state index in [0.29, 0.717) is 6.42 Å². The van der Waals surface area contributed by atoms with E-state index in [1.54, 1.807) is 6.07 Å². The third kappa shape index (κ3) is 8.51. The lowest BCUT2D eigenvalue weighted by Gasteiger charge is -2.10. The Labute approximate surface area is 173 Å². The highest BCUT2D eigenvalue weighted by atomic mass is 16.5. The van der Waals surface area contributed by atoms with E-state index >= 15 is 0 Å². The van der Waals surface area contributed by atoms with Gasteiger partial charge in [-0.3, -0.25) is 9.59 Å². The van der Waals surface area contributed by atoms with E-state index in [0.717, 1.165) is 25.7 Å². The minimum Gasteiger partial charge on any atom is -0.507 e. The number of aromatic hydroxyl groups is 1. The van der Waals surface area contributed by atoms with Gasteiger partial charge in [0.1, 0.15) is 17.1 Å². The number of phenolic OH excluding ortho intramolecular Hbond substituents is 1. The zero-order chi connectivity index (χ0) is 20.9. The van der Waals surface area contributed by atoms with Crippen molar-refractivity contribution in [1.29, 1.82) is 0 Å². The number of ether oxygens (including phenoxy) is 1. The monoisotopic (exact) mass is 396 g/mol. The summed E-state index contributed by atoms with van der Waals surface area (Å²) >= 11 is 0. The van der Waals surface area contributed by atoms with Crippen LogP contribution in [0.15, 0.2) is 48.5 Å². The Morgan fingerprint density at radius 3 is 2.07 bits per heavy atom. The van der Waals surface area contributed by atoms with Crippen LogP contribution in [0.25, 0.3) is 0 Å². The van der Waals surface area contributed by atoms with Crippen molar-refractivity contribution in [2.45, 2.75) is 71.1 Å². The molecule has 0 bridgehead atoms. The number of hydrogen-bond donors (Lipinski definition) is 1. The molecule has 2 rings (SSSR count). The van der Waals surface area contributed by atoms with Crippen molar-refractivity contribution in [3.63, 3.8) is 0 Å². The zero-order valence-electron chi connectivity index (χ0n) is 17.4. The fraction of sp³-hybridized carbons (Fsp3) is 0.440. The highest BCUT2D eigenvalue weighted by molar-refractivity contribution is 6.01. The number of carbonyl (C=O) groups excluding carboxylic acids is 2. The number of esters is 1. The molecule has 0 spiro atoms. The molecule has 0 heterocycles. The Morgan fingerprint density at radius 2 is 1.41 bits per heavy atom. The molecule has 0 atom stereocenters. The summed E-state index contributed by atoms with van der Waals surface area (Å²) in [6.45, 7) is 1.28. The van der Waals surface area contributed by atoms with Gasteiger partial charge in [0.05, 0.1) is 0 Å². The molecule has 0 aliphatic carbocycles. The molecular formula is C25H32O4. The molecule has 2 aromatic rings. The van der Waals surface area contributed by atoms with Crippen molar-refractivity contribution in [1.82, 2.24) is 0 Å². The minimum absolute atomic E-state index is 0.112. The molecule has 4 nitrogen and oxygen atoms in total. The molecule has 1 N–H and O–H groups in total. The molecule has 156 valence electrons. The Hall–Kier alpha value is -2.62. The van der Waals surface area contributed by atoms with Crippen LogP contribution in [0.2, 0.25) is 0 Å². The van der Waals surface area contributed by atoms with Crippen molar-refractivity contribution < 1.29 is 19.4 Å². The Bertz CT molecular complexity index is 768. The van der Waals surface area contributed by atoms with Crippen molar-refractivity contribution in [3.05, 3.63) is 59.7 Å². The van der Waals surface area contributed by atoms with Gasteiger partial charge in [-0.15, -0.1) is 0 Å². The molecule has 29 heavy (non-hydrogen) atoms. The van der Waals surface area contributed by atoms with Crippen molar-refractivity contribution in [2.75, 3.05) is 0 Å². The van der Waals surface area contributed by atoms with Gasteiger partial charge in [-0.05, 0) is 37.0 Å². The van der Waals surface area contributed by atoms with Crippen LogP contribution in [0.5, 0.6) is 11.5 Å². The number of carbonyl (C=O) groups is 2. The Morgan fingerprint density at radius 1 is 0.793 bits per heavy atom. The standard InChI is InChI=1S/C25H32O4/c1-20(26)29-24-19-13-18-23(28)25(24)22(27)17-12-7-5-3-2-4-6-9-14-21-15-10-8-11-16-21/h8,10-11,13,15-16,18-19,28H,2-7,9,12,14,17H2,1H3. The predicted molar refractivity (Wildman–Crippen MR) is 115 cm³/mol. The lowest BCUT2D eigenvalue weighted by Crippen LogP contribution is -2.08. The Balaban J connectivity index is 1.56. The van der Waals surface area contributed by atoms with E-state index in [1.807, 2.05) is 0 Å². The summed E-state index contributed by atoms with van der Waals surface area (Å²) in [6, 6.07) is 15.1. The number of aryl methyl sites for hydroxylation is 1. The number of ketones is 1. The first-order chi connectivity index (χ1) is 14.1. The summed E-state index contributed by atoms with van der Waals surface area (Å²) < 4.78 is 5.05. The molecule has 4 heteroatoms. The van der Waals surface area contributed by atoms with Crippen LogP contribution in [-0.2, 0) is 11.2 Å². The maximum atomic E-state index is 12.4. The first-order valence-electron chi connectivity index (χ1n) is 10.7. The summed E-state index contributed by atoms with van der Waals surface area (Å²) in [4.78, 5) is 23.6. The number of hydrogen-bond acceptors (Lipinski definition) is 4. The minimum atomic E-state index is -0.506. The van der Waals surface area contributed by atoms with E-state index in [2.05, 4.69) is 30.3 Å². The number of rotatable bonds is 13. The molecule has 0 aliphatic heterocycles. The molecule has 0 unspecified atom stereocenters. The second-order valence-corrected chi connectivity index (χ2v) is 7.48. The smallest absolute Gasteiger partial charge is 0.308 e. The van der Waals surface area contributed by atoms with E-state index in [4.69, 9.17) is 4.74 Å². The number of Topliss-reactive ketones (excluding diaryl/α,β-unsaturated/α-hetero) is 1. The lowest BCUT2D eigenvalue weighted by atomic mass is 10.0. The normalized spacial score (nSPS) is 10.7. The molecule has 0 aliphatic rings. The first kappa shape index (κ1) is 22.7. The van der Waals surface area contributed by atoms with Gasteiger partial charge >= 0.3 is 5.97 Å². The summed E-state index contributed by atoms with van der Waals surface area (Å²) in [6.07, 6.45) is 10.6. The predicted octanol–water partition coefficient (Wildman–Crippen LogP) is 6.25. The maximum absolute atomic E-state index is 12.4. The van der Waals surface area contributed by atoms with Crippen LogP contribution in [-0.4, -0.2) is 16.9 Å². The largest absolute Gasteiger partial charge is 0.507 e. The van der Waals surface area contributed by atoms with E-state index in [-0.39, 0.29) is 22.8 Å². The van der Waals surface area contributed by atoms with Crippen LogP contribution >= 0.6 is 0 Å². The zero-order valence-corrected chi connectivity index (χ0v) is 17.4. The summed E-state index contributed by atoms with van der Waals surface area (Å²) in [5, 5.41) is 9.98.